The van der Waals surface area contributed by atoms with Gasteiger partial charge in [0.05, 0.1) is 18.1 Å². The molecule has 3 aromatic rings. The third kappa shape index (κ3) is 4.27. The molecule has 0 aromatic heterocycles. The Morgan fingerprint density at radius 3 is 2.66 bits per heavy atom. The smallest absolute Gasteiger partial charge is 0.293 e. The molecule has 3 aromatic carbocycles. The second-order valence-corrected chi connectivity index (χ2v) is 8.35. The molecule has 1 aliphatic rings. The van der Waals surface area contributed by atoms with Crippen LogP contribution in [0.2, 0.25) is 0 Å². The number of thioether (sulfide) groups is 1. The van der Waals surface area contributed by atoms with E-state index in [-0.39, 0.29) is 23.4 Å². The van der Waals surface area contributed by atoms with E-state index in [4.69, 9.17) is 4.74 Å². The summed E-state index contributed by atoms with van der Waals surface area (Å²) in [6.07, 6.45) is 3.81. The Bertz CT molecular complexity index is 1240. The van der Waals surface area contributed by atoms with Crippen LogP contribution in [0, 0.1) is 0 Å². The van der Waals surface area contributed by atoms with Crippen LogP contribution in [0.3, 0.4) is 0 Å². The lowest BCUT2D eigenvalue weighted by Gasteiger charge is -2.14. The maximum absolute atomic E-state index is 13.1. The fourth-order valence-electron chi connectivity index (χ4n) is 3.74. The summed E-state index contributed by atoms with van der Waals surface area (Å²) in [5.74, 6) is 0.0743. The number of allylic oxidation sites excluding steroid dienone is 1. The highest BCUT2D eigenvalue weighted by Crippen LogP contribution is 2.37. The monoisotopic (exact) mass is 445 g/mol. The number of phenols is 1. The summed E-state index contributed by atoms with van der Waals surface area (Å²) >= 11 is 0.919. The SMILES string of the molecule is C=CCc1cc(/C=C2/SC(=O)N(Cc3cccc4ccccc34)C2=O)cc(OCC)c1O. The Balaban J connectivity index is 1.64. The van der Waals surface area contributed by atoms with Gasteiger partial charge in [-0.1, -0.05) is 48.5 Å². The Kier molecular flexibility index (Phi) is 6.32. The van der Waals surface area contributed by atoms with Crippen molar-refractivity contribution in [3.8, 4) is 11.5 Å². The number of ether oxygens (including phenoxy) is 1. The van der Waals surface area contributed by atoms with E-state index in [0.717, 1.165) is 28.1 Å². The molecular weight excluding hydrogens is 422 g/mol. The molecule has 1 fully saturated rings. The van der Waals surface area contributed by atoms with Gasteiger partial charge < -0.3 is 9.84 Å². The third-order valence-corrected chi connectivity index (χ3v) is 6.13. The van der Waals surface area contributed by atoms with E-state index in [9.17, 15) is 14.7 Å². The first-order valence-electron chi connectivity index (χ1n) is 10.3. The van der Waals surface area contributed by atoms with Crippen LogP contribution in [0.5, 0.6) is 11.5 Å². The van der Waals surface area contributed by atoms with E-state index >= 15 is 0 Å². The minimum atomic E-state index is -0.329. The molecule has 0 aliphatic carbocycles. The van der Waals surface area contributed by atoms with E-state index in [0.29, 0.717) is 34.8 Å². The maximum atomic E-state index is 13.1. The number of fused-ring (bicyclic) bond motifs is 1. The topological polar surface area (TPSA) is 66.8 Å². The predicted octanol–water partition coefficient (Wildman–Crippen LogP) is 5.91. The molecule has 6 heteroatoms. The lowest BCUT2D eigenvalue weighted by Crippen LogP contribution is -2.27. The van der Waals surface area contributed by atoms with Crippen molar-refractivity contribution in [1.29, 1.82) is 0 Å². The van der Waals surface area contributed by atoms with Crippen LogP contribution >= 0.6 is 11.8 Å². The van der Waals surface area contributed by atoms with Gasteiger partial charge in [0, 0.05) is 5.56 Å². The van der Waals surface area contributed by atoms with Gasteiger partial charge in [0.15, 0.2) is 11.5 Å². The molecule has 5 nitrogen and oxygen atoms in total. The Hall–Kier alpha value is -3.51. The van der Waals surface area contributed by atoms with E-state index < -0.39 is 0 Å². The third-order valence-electron chi connectivity index (χ3n) is 5.22. The molecule has 1 saturated heterocycles. The number of hydrogen-bond acceptors (Lipinski definition) is 5. The van der Waals surface area contributed by atoms with Crippen molar-refractivity contribution in [2.75, 3.05) is 6.61 Å². The van der Waals surface area contributed by atoms with Crippen LogP contribution in [-0.2, 0) is 17.8 Å². The molecular formula is C26H23NO4S. The number of rotatable bonds is 7. The lowest BCUT2D eigenvalue weighted by atomic mass is 10.0. The molecule has 162 valence electrons. The molecule has 1 heterocycles. The first kappa shape index (κ1) is 21.7. The summed E-state index contributed by atoms with van der Waals surface area (Å²) in [6.45, 7) is 6.16. The average Bonchev–Trinajstić information content (AvgIpc) is 3.04. The standard InChI is InChI=1S/C26H23NO4S/c1-3-8-19-13-17(14-22(24(19)28)31-4-2)15-23-25(29)27(26(30)32-23)16-20-11-7-10-18-9-5-6-12-21(18)20/h3,5-7,9-15,28H,1,4,8,16H2,2H3/b23-15+. The molecule has 0 bridgehead atoms. The summed E-state index contributed by atoms with van der Waals surface area (Å²) in [6, 6.07) is 17.2. The Labute approximate surface area is 191 Å². The Morgan fingerprint density at radius 2 is 1.88 bits per heavy atom. The molecule has 2 amide bonds. The number of nitrogens with zero attached hydrogens (tertiary/aromatic N) is 1. The zero-order valence-corrected chi connectivity index (χ0v) is 18.5. The van der Waals surface area contributed by atoms with E-state index in [2.05, 4.69) is 6.58 Å². The highest BCUT2D eigenvalue weighted by molar-refractivity contribution is 8.18. The lowest BCUT2D eigenvalue weighted by molar-refractivity contribution is -0.123. The van der Waals surface area contributed by atoms with Gasteiger partial charge in [-0.2, -0.15) is 0 Å². The van der Waals surface area contributed by atoms with Gasteiger partial charge in [-0.05, 0) is 65.2 Å². The van der Waals surface area contributed by atoms with Crippen LogP contribution in [0.25, 0.3) is 16.8 Å². The number of phenolic OH excluding ortho intramolecular Hbond substituents is 1. The normalized spacial score (nSPS) is 15.0. The van der Waals surface area contributed by atoms with Crippen molar-refractivity contribution in [1.82, 2.24) is 4.90 Å². The van der Waals surface area contributed by atoms with Crippen LogP contribution in [0.4, 0.5) is 4.79 Å². The number of aromatic hydroxyl groups is 1. The molecule has 0 unspecified atom stereocenters. The first-order valence-corrected chi connectivity index (χ1v) is 11.1. The number of imide groups is 1. The zero-order valence-electron chi connectivity index (χ0n) is 17.7. The van der Waals surface area contributed by atoms with Crippen molar-refractivity contribution in [3.05, 3.63) is 88.8 Å². The minimum absolute atomic E-state index is 0.0629. The van der Waals surface area contributed by atoms with Crippen LogP contribution < -0.4 is 4.74 Å². The molecule has 0 atom stereocenters. The number of carbonyl (C=O) groups excluding carboxylic acids is 2. The maximum Gasteiger partial charge on any atom is 0.293 e. The fourth-order valence-corrected chi connectivity index (χ4v) is 4.58. The number of hydrogen-bond donors (Lipinski definition) is 1. The number of amides is 2. The van der Waals surface area contributed by atoms with Gasteiger partial charge in [-0.3, -0.25) is 14.5 Å². The summed E-state index contributed by atoms with van der Waals surface area (Å²) in [7, 11) is 0. The molecule has 4 rings (SSSR count). The Morgan fingerprint density at radius 1 is 1.09 bits per heavy atom. The first-order chi connectivity index (χ1) is 15.5. The molecule has 0 spiro atoms. The number of carbonyl (C=O) groups is 2. The van der Waals surface area contributed by atoms with E-state index in [1.165, 1.54) is 4.90 Å². The number of benzene rings is 3. The predicted molar refractivity (Wildman–Crippen MR) is 129 cm³/mol. The van der Waals surface area contributed by atoms with Crippen LogP contribution in [-0.4, -0.2) is 27.8 Å². The van der Waals surface area contributed by atoms with Gasteiger partial charge in [0.25, 0.3) is 11.1 Å². The van der Waals surface area contributed by atoms with Gasteiger partial charge in [0.1, 0.15) is 0 Å². The van der Waals surface area contributed by atoms with Crippen molar-refractivity contribution in [2.45, 2.75) is 19.9 Å². The highest BCUT2D eigenvalue weighted by Gasteiger charge is 2.35. The van der Waals surface area contributed by atoms with E-state index in [1.807, 2.05) is 49.4 Å². The highest BCUT2D eigenvalue weighted by atomic mass is 32.2. The molecule has 1 aliphatic heterocycles. The quantitative estimate of drug-likeness (QED) is 0.362. The van der Waals surface area contributed by atoms with Crippen molar-refractivity contribution >= 4 is 39.8 Å². The second kappa shape index (κ2) is 9.32. The second-order valence-electron chi connectivity index (χ2n) is 7.36. The summed E-state index contributed by atoms with van der Waals surface area (Å²) < 4.78 is 5.54. The van der Waals surface area contributed by atoms with Gasteiger partial charge in [-0.15, -0.1) is 6.58 Å². The molecule has 1 N–H and O–H groups in total. The van der Waals surface area contributed by atoms with Crippen LogP contribution in [0.1, 0.15) is 23.6 Å². The van der Waals surface area contributed by atoms with Crippen molar-refractivity contribution in [2.24, 2.45) is 0 Å². The van der Waals surface area contributed by atoms with Crippen molar-refractivity contribution in [3.63, 3.8) is 0 Å². The minimum Gasteiger partial charge on any atom is -0.504 e. The van der Waals surface area contributed by atoms with Gasteiger partial charge in [-0.25, -0.2) is 0 Å². The fraction of sp³-hybridized carbons (Fsp3) is 0.154. The molecule has 0 radical (unpaired) electrons. The van der Waals surface area contributed by atoms with E-state index in [1.54, 1.807) is 24.3 Å². The van der Waals surface area contributed by atoms with Gasteiger partial charge >= 0.3 is 0 Å². The van der Waals surface area contributed by atoms with Crippen molar-refractivity contribution < 1.29 is 19.4 Å². The summed E-state index contributed by atoms with van der Waals surface area (Å²) in [5, 5.41) is 12.2. The molecule has 0 saturated carbocycles. The summed E-state index contributed by atoms with van der Waals surface area (Å²) in [5.41, 5.74) is 2.24. The van der Waals surface area contributed by atoms with Gasteiger partial charge in [0.2, 0.25) is 0 Å². The largest absolute Gasteiger partial charge is 0.504 e. The van der Waals surface area contributed by atoms with Crippen LogP contribution in [0.15, 0.2) is 72.2 Å². The summed E-state index contributed by atoms with van der Waals surface area (Å²) in [4.78, 5) is 27.3. The molecule has 32 heavy (non-hydrogen) atoms. The average molecular weight is 446 g/mol. The zero-order chi connectivity index (χ0) is 22.7.